The molecule has 4 nitrogen and oxygen atoms in total. The van der Waals surface area contributed by atoms with Crippen LogP contribution in [0.1, 0.15) is 24.0 Å². The molecule has 7 heteroatoms. The summed E-state index contributed by atoms with van der Waals surface area (Å²) in [4.78, 5) is 8.02. The number of halogens is 3. The molecule has 0 unspecified atom stereocenters. The first kappa shape index (κ1) is 18.8. The van der Waals surface area contributed by atoms with Crippen molar-refractivity contribution in [2.24, 2.45) is 0 Å². The van der Waals surface area contributed by atoms with Crippen molar-refractivity contribution in [3.05, 3.63) is 49.3 Å². The van der Waals surface area contributed by atoms with Crippen LogP contribution in [0.3, 0.4) is 0 Å². The van der Waals surface area contributed by atoms with Gasteiger partial charge in [0.2, 0.25) is 0 Å². The van der Waals surface area contributed by atoms with Crippen molar-refractivity contribution >= 4 is 47.8 Å². The molecule has 2 aromatic heterocycles. The Hall–Kier alpha value is -0.500. The summed E-state index contributed by atoms with van der Waals surface area (Å²) in [5.74, 6) is 0.936. The molecule has 0 aliphatic carbocycles. The summed E-state index contributed by atoms with van der Waals surface area (Å²) < 4.78 is 8.46. The average molecular weight is 509 g/mol. The van der Waals surface area contributed by atoms with Gasteiger partial charge in [-0.15, -0.1) is 0 Å². The maximum absolute atomic E-state index is 8.66. The Morgan fingerprint density at radius 1 is 1.00 bits per heavy atom. The summed E-state index contributed by atoms with van der Waals surface area (Å²) in [7, 11) is 0. The lowest BCUT2D eigenvalue weighted by Crippen LogP contribution is -2.08. The van der Waals surface area contributed by atoms with Crippen molar-refractivity contribution in [1.29, 1.82) is 0 Å². The van der Waals surface area contributed by atoms with Crippen molar-refractivity contribution in [2.75, 3.05) is 13.2 Å². The number of hydrogen-bond acceptors (Lipinski definition) is 4. The van der Waals surface area contributed by atoms with Gasteiger partial charge in [-0.2, -0.15) is 0 Å². The molecule has 0 spiro atoms. The third-order valence-corrected chi connectivity index (χ3v) is 5.38. The fourth-order valence-electron chi connectivity index (χ4n) is 2.17. The van der Waals surface area contributed by atoms with Gasteiger partial charge >= 0.3 is 0 Å². The number of hydrogen-bond donors (Lipinski definition) is 1. The summed E-state index contributed by atoms with van der Waals surface area (Å²) in [6, 6.07) is 0. The molecule has 0 bridgehead atoms. The molecule has 1 N–H and O–H groups in total. The molecule has 2 aromatic rings. The molecule has 124 valence electrons. The van der Waals surface area contributed by atoms with E-state index in [9.17, 15) is 0 Å². The third-order valence-electron chi connectivity index (χ3n) is 3.33. The van der Waals surface area contributed by atoms with Crippen LogP contribution in [-0.4, -0.2) is 28.3 Å². The van der Waals surface area contributed by atoms with E-state index in [1.54, 1.807) is 18.6 Å². The van der Waals surface area contributed by atoms with E-state index < -0.39 is 0 Å². The van der Waals surface area contributed by atoms with Crippen LogP contribution < -0.4 is 4.74 Å². The summed E-state index contributed by atoms with van der Waals surface area (Å²) in [5, 5.41) is 8.66. The van der Waals surface area contributed by atoms with Gasteiger partial charge in [-0.3, -0.25) is 9.97 Å². The molecule has 3 heterocycles. The number of aliphatic hydroxyl groups is 1. The van der Waals surface area contributed by atoms with Crippen LogP contribution in [0.25, 0.3) is 0 Å². The van der Waals surface area contributed by atoms with Crippen molar-refractivity contribution in [3.8, 4) is 5.75 Å². The highest BCUT2D eigenvalue weighted by atomic mass is 79.9. The Morgan fingerprint density at radius 3 is 2.30 bits per heavy atom. The van der Waals surface area contributed by atoms with Gasteiger partial charge < -0.3 is 9.84 Å². The van der Waals surface area contributed by atoms with E-state index in [0.717, 1.165) is 51.5 Å². The monoisotopic (exact) mass is 506 g/mol. The van der Waals surface area contributed by atoms with Crippen LogP contribution >= 0.6 is 47.8 Å². The summed E-state index contributed by atoms with van der Waals surface area (Å²) in [6.45, 7) is 1.05. The molecule has 0 aromatic carbocycles. The van der Waals surface area contributed by atoms with E-state index >= 15 is 0 Å². The quantitative estimate of drug-likeness (QED) is 0.653. The Morgan fingerprint density at radius 2 is 1.65 bits per heavy atom. The molecule has 0 saturated carbocycles. The zero-order chi connectivity index (χ0) is 16.7. The van der Waals surface area contributed by atoms with Gasteiger partial charge in [0, 0.05) is 44.2 Å². The SMILES string of the molecule is Brc1cncc2c1CCCO2.OCCCc1c(Br)cncc1Br. The second-order valence-electron chi connectivity index (χ2n) is 4.96. The Kier molecular flexibility index (Phi) is 7.95. The molecule has 0 fully saturated rings. The predicted molar refractivity (Wildman–Crippen MR) is 101 cm³/mol. The number of pyridine rings is 2. The fourth-order valence-corrected chi connectivity index (χ4v) is 4.01. The maximum atomic E-state index is 8.66. The Labute approximate surface area is 161 Å². The molecule has 1 aliphatic rings. The number of nitrogens with zero attached hydrogens (tertiary/aromatic N) is 2. The van der Waals surface area contributed by atoms with Gasteiger partial charge in [0.15, 0.2) is 0 Å². The Balaban J connectivity index is 0.000000167. The van der Waals surface area contributed by atoms with E-state index in [-0.39, 0.29) is 6.61 Å². The van der Waals surface area contributed by atoms with Crippen LogP contribution in [0.2, 0.25) is 0 Å². The zero-order valence-corrected chi connectivity index (χ0v) is 17.2. The lowest BCUT2D eigenvalue weighted by Gasteiger charge is -2.16. The van der Waals surface area contributed by atoms with E-state index in [0.29, 0.717) is 0 Å². The van der Waals surface area contributed by atoms with Crippen LogP contribution in [0.4, 0.5) is 0 Å². The van der Waals surface area contributed by atoms with Crippen LogP contribution in [-0.2, 0) is 12.8 Å². The molecule has 0 atom stereocenters. The molecule has 3 rings (SSSR count). The second-order valence-corrected chi connectivity index (χ2v) is 7.52. The summed E-state index contributed by atoms with van der Waals surface area (Å²) >= 11 is 10.2. The van der Waals surface area contributed by atoms with Crippen molar-refractivity contribution in [3.63, 3.8) is 0 Å². The highest BCUT2D eigenvalue weighted by molar-refractivity contribution is 9.11. The van der Waals surface area contributed by atoms with E-state index in [1.165, 1.54) is 11.1 Å². The van der Waals surface area contributed by atoms with Gasteiger partial charge in [-0.25, -0.2) is 0 Å². The van der Waals surface area contributed by atoms with E-state index in [4.69, 9.17) is 9.84 Å². The smallest absolute Gasteiger partial charge is 0.141 e. The maximum Gasteiger partial charge on any atom is 0.141 e. The van der Waals surface area contributed by atoms with Gasteiger partial charge in [0.05, 0.1) is 12.8 Å². The first-order valence-corrected chi connectivity index (χ1v) is 9.65. The first-order valence-electron chi connectivity index (χ1n) is 7.27. The lowest BCUT2D eigenvalue weighted by molar-refractivity contribution is 0.286. The molecular formula is C16H17Br3N2O2. The molecular weight excluding hydrogens is 492 g/mol. The van der Waals surface area contributed by atoms with Crippen molar-refractivity contribution in [1.82, 2.24) is 9.97 Å². The number of aromatic nitrogens is 2. The first-order chi connectivity index (χ1) is 11.1. The van der Waals surface area contributed by atoms with Gasteiger partial charge in [-0.05, 0) is 79.0 Å². The molecule has 23 heavy (non-hydrogen) atoms. The van der Waals surface area contributed by atoms with Crippen LogP contribution in [0, 0.1) is 0 Å². The zero-order valence-electron chi connectivity index (χ0n) is 12.4. The highest BCUT2D eigenvalue weighted by Crippen LogP contribution is 2.29. The topological polar surface area (TPSA) is 55.2 Å². The summed E-state index contributed by atoms with van der Waals surface area (Å²) in [5.41, 5.74) is 2.42. The number of aliphatic hydroxyl groups excluding tert-OH is 1. The summed E-state index contributed by atoms with van der Waals surface area (Å²) in [6.07, 6.45) is 11.0. The largest absolute Gasteiger partial charge is 0.492 e. The number of ether oxygens (including phenoxy) is 1. The van der Waals surface area contributed by atoms with Gasteiger partial charge in [0.25, 0.3) is 0 Å². The van der Waals surface area contributed by atoms with Gasteiger partial charge in [0.1, 0.15) is 5.75 Å². The minimum atomic E-state index is 0.223. The minimum Gasteiger partial charge on any atom is -0.492 e. The number of rotatable bonds is 3. The lowest BCUT2D eigenvalue weighted by atomic mass is 10.1. The van der Waals surface area contributed by atoms with Crippen molar-refractivity contribution < 1.29 is 9.84 Å². The second kappa shape index (κ2) is 9.71. The van der Waals surface area contributed by atoms with Crippen LogP contribution in [0.5, 0.6) is 5.75 Å². The van der Waals surface area contributed by atoms with E-state index in [2.05, 4.69) is 57.8 Å². The predicted octanol–water partition coefficient (Wildman–Crippen LogP) is 4.70. The molecule has 0 amide bonds. The third kappa shape index (κ3) is 5.52. The Bertz CT molecular complexity index is 633. The standard InChI is InChI=1S/C8H9Br2NO.C8H8BrNO/c9-7-4-11-5-8(10)6(7)2-1-3-12;9-7-4-10-5-8-6(7)2-1-3-11-8/h4-5,12H,1-3H2;4-5H,1-3H2. The minimum absolute atomic E-state index is 0.223. The molecule has 0 radical (unpaired) electrons. The van der Waals surface area contributed by atoms with Crippen molar-refractivity contribution in [2.45, 2.75) is 25.7 Å². The van der Waals surface area contributed by atoms with Gasteiger partial charge in [-0.1, -0.05) is 0 Å². The molecule has 0 saturated heterocycles. The normalized spacial score (nSPS) is 12.7. The van der Waals surface area contributed by atoms with E-state index in [1.807, 2.05) is 6.20 Å². The number of fused-ring (bicyclic) bond motifs is 1. The molecule has 1 aliphatic heterocycles. The fraction of sp³-hybridized carbons (Fsp3) is 0.375. The highest BCUT2D eigenvalue weighted by Gasteiger charge is 2.12. The van der Waals surface area contributed by atoms with Crippen LogP contribution in [0.15, 0.2) is 38.2 Å². The average Bonchev–Trinajstić information content (AvgIpc) is 2.56.